The fourth-order valence-corrected chi connectivity index (χ4v) is 1.00. The molecule has 6 heteroatoms. The summed E-state index contributed by atoms with van der Waals surface area (Å²) in [5.41, 5.74) is 8.46. The molecule has 0 heterocycles. The zero-order valence-electron chi connectivity index (χ0n) is 8.20. The highest BCUT2D eigenvalue weighted by atomic mass is 19.4. The molecular weight excluding hydrogens is 219 g/mol. The summed E-state index contributed by atoms with van der Waals surface area (Å²) in [4.78, 5) is 3.42. The number of alkyl halides is 3. The van der Waals surface area contributed by atoms with Gasteiger partial charge in [0, 0.05) is 6.20 Å². The van der Waals surface area contributed by atoms with Gasteiger partial charge in [0.15, 0.2) is 5.71 Å². The first-order valence-electron chi connectivity index (χ1n) is 4.34. The van der Waals surface area contributed by atoms with Gasteiger partial charge in [-0.1, -0.05) is 18.2 Å². The van der Waals surface area contributed by atoms with Crippen LogP contribution in [-0.2, 0) is 0 Å². The summed E-state index contributed by atoms with van der Waals surface area (Å²) < 4.78 is 37.6. The summed E-state index contributed by atoms with van der Waals surface area (Å²) in [6.07, 6.45) is -3.95. The molecule has 86 valence electrons. The van der Waals surface area contributed by atoms with Crippen LogP contribution in [0.1, 0.15) is 0 Å². The zero-order chi connectivity index (χ0) is 12.2. The van der Waals surface area contributed by atoms with Crippen LogP contribution >= 0.6 is 0 Å². The first-order chi connectivity index (χ1) is 7.45. The Labute approximate surface area is 90.3 Å². The summed E-state index contributed by atoms with van der Waals surface area (Å²) in [5.74, 6) is 0. The Bertz CT molecular complexity index is 407. The van der Waals surface area contributed by atoms with Gasteiger partial charge in [-0.15, -0.1) is 0 Å². The second kappa shape index (κ2) is 4.69. The summed E-state index contributed by atoms with van der Waals surface area (Å²) in [6.45, 7) is 0. The Morgan fingerprint density at radius 1 is 1.19 bits per heavy atom. The minimum Gasteiger partial charge on any atom is -0.403 e. The number of benzene rings is 1. The van der Waals surface area contributed by atoms with Crippen molar-refractivity contribution in [2.45, 2.75) is 6.18 Å². The van der Waals surface area contributed by atoms with Crippen LogP contribution in [0.4, 0.5) is 18.9 Å². The molecule has 0 amide bonds. The smallest absolute Gasteiger partial charge is 0.403 e. The van der Waals surface area contributed by atoms with Gasteiger partial charge in [-0.3, -0.25) is 0 Å². The van der Waals surface area contributed by atoms with Crippen LogP contribution in [0.5, 0.6) is 0 Å². The van der Waals surface area contributed by atoms with E-state index in [-0.39, 0.29) is 5.69 Å². The SMILES string of the molecule is N/C=C(/N)C(=Nc1ccccc1)C(F)(F)F. The molecule has 0 aliphatic rings. The molecule has 0 aliphatic heterocycles. The first-order valence-corrected chi connectivity index (χ1v) is 4.34. The monoisotopic (exact) mass is 229 g/mol. The van der Waals surface area contributed by atoms with E-state index in [1.807, 2.05) is 0 Å². The molecule has 1 aromatic rings. The Morgan fingerprint density at radius 3 is 2.19 bits per heavy atom. The van der Waals surface area contributed by atoms with Crippen LogP contribution in [0.15, 0.2) is 47.2 Å². The molecule has 1 aromatic carbocycles. The van der Waals surface area contributed by atoms with Crippen molar-refractivity contribution in [2.24, 2.45) is 16.5 Å². The second-order valence-electron chi connectivity index (χ2n) is 2.92. The number of hydrogen-bond donors (Lipinski definition) is 2. The molecule has 0 saturated heterocycles. The van der Waals surface area contributed by atoms with Crippen molar-refractivity contribution in [1.29, 1.82) is 0 Å². The minimum absolute atomic E-state index is 0.166. The van der Waals surface area contributed by atoms with Crippen molar-refractivity contribution < 1.29 is 13.2 Å². The summed E-state index contributed by atoms with van der Waals surface area (Å²) in [5, 5.41) is 0. The number of allylic oxidation sites excluding steroid dienone is 1. The van der Waals surface area contributed by atoms with Crippen molar-refractivity contribution in [2.75, 3.05) is 0 Å². The summed E-state index contributed by atoms with van der Waals surface area (Å²) in [7, 11) is 0. The highest BCUT2D eigenvalue weighted by molar-refractivity contribution is 6.04. The van der Waals surface area contributed by atoms with Crippen LogP contribution in [-0.4, -0.2) is 11.9 Å². The third-order valence-corrected chi connectivity index (χ3v) is 1.72. The average Bonchev–Trinajstić information content (AvgIpc) is 2.25. The number of nitrogens with zero attached hydrogens (tertiary/aromatic N) is 1. The number of para-hydroxylation sites is 1. The van der Waals surface area contributed by atoms with E-state index in [4.69, 9.17) is 11.5 Å². The maximum Gasteiger partial charge on any atom is 0.435 e. The minimum atomic E-state index is -4.63. The van der Waals surface area contributed by atoms with Crippen molar-refractivity contribution in [3.8, 4) is 0 Å². The average molecular weight is 229 g/mol. The number of rotatable bonds is 2. The fraction of sp³-hybridized carbons (Fsp3) is 0.100. The van der Waals surface area contributed by atoms with Gasteiger partial charge >= 0.3 is 6.18 Å². The third kappa shape index (κ3) is 3.01. The molecule has 4 N–H and O–H groups in total. The van der Waals surface area contributed by atoms with E-state index < -0.39 is 17.6 Å². The Morgan fingerprint density at radius 2 is 1.75 bits per heavy atom. The molecule has 3 nitrogen and oxygen atoms in total. The topological polar surface area (TPSA) is 64.4 Å². The van der Waals surface area contributed by atoms with E-state index in [1.54, 1.807) is 18.2 Å². The number of nitrogens with two attached hydrogens (primary N) is 2. The molecule has 0 atom stereocenters. The number of hydrogen-bond acceptors (Lipinski definition) is 3. The highest BCUT2D eigenvalue weighted by Crippen LogP contribution is 2.23. The molecule has 0 aliphatic carbocycles. The van der Waals surface area contributed by atoms with Gasteiger partial charge in [-0.05, 0) is 12.1 Å². The van der Waals surface area contributed by atoms with E-state index >= 15 is 0 Å². The normalized spacial score (nSPS) is 13.9. The van der Waals surface area contributed by atoms with E-state index in [2.05, 4.69) is 4.99 Å². The fourth-order valence-electron chi connectivity index (χ4n) is 1.00. The molecule has 0 saturated carbocycles. The largest absolute Gasteiger partial charge is 0.435 e. The lowest BCUT2D eigenvalue weighted by molar-refractivity contribution is -0.0582. The van der Waals surface area contributed by atoms with E-state index in [0.717, 1.165) is 0 Å². The predicted octanol–water partition coefficient (Wildman–Crippen LogP) is 2.08. The van der Waals surface area contributed by atoms with E-state index in [1.165, 1.54) is 12.1 Å². The first kappa shape index (κ1) is 12.1. The second-order valence-corrected chi connectivity index (χ2v) is 2.92. The van der Waals surface area contributed by atoms with Crippen molar-refractivity contribution >= 4 is 11.4 Å². The van der Waals surface area contributed by atoms with Gasteiger partial charge in [0.25, 0.3) is 0 Å². The quantitative estimate of drug-likeness (QED) is 0.762. The lowest BCUT2D eigenvalue weighted by Gasteiger charge is -2.10. The molecule has 0 fully saturated rings. The molecule has 0 bridgehead atoms. The number of aliphatic imine (C=N–C) groups is 1. The van der Waals surface area contributed by atoms with Crippen molar-refractivity contribution in [3.63, 3.8) is 0 Å². The van der Waals surface area contributed by atoms with Gasteiger partial charge in [0.1, 0.15) is 0 Å². The summed E-state index contributed by atoms with van der Waals surface area (Å²) in [6, 6.07) is 7.71. The van der Waals surface area contributed by atoms with Gasteiger partial charge in [0.05, 0.1) is 11.4 Å². The molecule has 1 rings (SSSR count). The summed E-state index contributed by atoms with van der Waals surface area (Å²) >= 11 is 0. The standard InChI is InChI=1S/C10H10F3N3/c11-10(12,13)9(8(15)6-14)16-7-4-2-1-3-5-7/h1-6H,14-15H2/b8-6+,16-9?. The van der Waals surface area contributed by atoms with Crippen LogP contribution < -0.4 is 11.5 Å². The van der Waals surface area contributed by atoms with Crippen LogP contribution in [0.3, 0.4) is 0 Å². The molecule has 0 unspecified atom stereocenters. The molecule has 16 heavy (non-hydrogen) atoms. The highest BCUT2D eigenvalue weighted by Gasteiger charge is 2.37. The van der Waals surface area contributed by atoms with Crippen LogP contribution in [0, 0.1) is 0 Å². The Hall–Kier alpha value is -1.98. The van der Waals surface area contributed by atoms with Gasteiger partial charge in [-0.2, -0.15) is 13.2 Å². The van der Waals surface area contributed by atoms with Crippen molar-refractivity contribution in [1.82, 2.24) is 0 Å². The van der Waals surface area contributed by atoms with E-state index in [9.17, 15) is 13.2 Å². The van der Waals surface area contributed by atoms with Gasteiger partial charge in [0.2, 0.25) is 0 Å². The molecule has 0 radical (unpaired) electrons. The maximum atomic E-state index is 12.5. The van der Waals surface area contributed by atoms with Gasteiger partial charge < -0.3 is 11.5 Å². The van der Waals surface area contributed by atoms with Crippen LogP contribution in [0.25, 0.3) is 0 Å². The lowest BCUT2D eigenvalue weighted by Crippen LogP contribution is -2.29. The third-order valence-electron chi connectivity index (χ3n) is 1.72. The molecule has 0 spiro atoms. The molecular formula is C10H10F3N3. The Kier molecular flexibility index (Phi) is 3.55. The zero-order valence-corrected chi connectivity index (χ0v) is 8.20. The van der Waals surface area contributed by atoms with Crippen LogP contribution in [0.2, 0.25) is 0 Å². The molecule has 0 aromatic heterocycles. The number of halogens is 3. The van der Waals surface area contributed by atoms with Crippen molar-refractivity contribution in [3.05, 3.63) is 42.2 Å². The lowest BCUT2D eigenvalue weighted by atomic mass is 10.2. The van der Waals surface area contributed by atoms with Gasteiger partial charge in [-0.25, -0.2) is 4.99 Å². The van der Waals surface area contributed by atoms with E-state index in [0.29, 0.717) is 6.20 Å². The Balaban J connectivity index is 3.18. The predicted molar refractivity (Wildman–Crippen MR) is 56.0 cm³/mol. The maximum absolute atomic E-state index is 12.5.